The van der Waals surface area contributed by atoms with Crippen molar-refractivity contribution < 1.29 is 28.9 Å². The Bertz CT molecular complexity index is 1070. The number of aliphatic carboxylic acids is 1. The number of ether oxygens (including phenoxy) is 3. The predicted molar refractivity (Wildman–Crippen MR) is 137 cm³/mol. The minimum atomic E-state index is -0.941. The van der Waals surface area contributed by atoms with Crippen LogP contribution in [0.4, 0.5) is 5.69 Å². The van der Waals surface area contributed by atoms with Crippen LogP contribution in [0.1, 0.15) is 49.8 Å². The first-order valence-corrected chi connectivity index (χ1v) is 12.8. The number of fused-ring (bicyclic) bond motifs is 1. The fourth-order valence-electron chi connectivity index (χ4n) is 5.16. The third-order valence-electron chi connectivity index (χ3n) is 6.91. The zero-order chi connectivity index (χ0) is 25.7. The maximum Gasteiger partial charge on any atom is 0.311 e. The van der Waals surface area contributed by atoms with Gasteiger partial charge in [-0.1, -0.05) is 45.0 Å². The number of carboxylic acids is 1. The molecule has 1 saturated heterocycles. The number of benzene rings is 2. The third-order valence-corrected chi connectivity index (χ3v) is 6.91. The number of hydrogen-bond acceptors (Lipinski definition) is 6. The standard InChI is InChI=1S/C28H36N2O6/c1-4-12-36-27-25(28(32)33)21(20-10-11-22-23(15-20)35-14-13-34-22)16-30(27)17-24(31)29-26-18(5-2)8-7-9-19(26)6-3/h7-11,15,21,25,27H,4-6,12-14,16-17H2,1-3H3,(H,29,31)(H,32,33). The number of likely N-dealkylation sites (tertiary alicyclic amines) is 1. The van der Waals surface area contributed by atoms with Crippen molar-refractivity contribution in [1.82, 2.24) is 4.90 Å². The topological polar surface area (TPSA) is 97.3 Å². The maximum absolute atomic E-state index is 13.2. The van der Waals surface area contributed by atoms with Gasteiger partial charge in [-0.05, 0) is 48.1 Å². The second-order valence-corrected chi connectivity index (χ2v) is 9.27. The maximum atomic E-state index is 13.2. The average molecular weight is 497 g/mol. The van der Waals surface area contributed by atoms with Gasteiger partial charge in [0.05, 0.1) is 6.54 Å². The van der Waals surface area contributed by atoms with Crippen molar-refractivity contribution in [1.29, 1.82) is 0 Å². The Morgan fingerprint density at radius 1 is 1.06 bits per heavy atom. The zero-order valence-corrected chi connectivity index (χ0v) is 21.3. The lowest BCUT2D eigenvalue weighted by Gasteiger charge is -2.26. The second kappa shape index (κ2) is 11.8. The summed E-state index contributed by atoms with van der Waals surface area (Å²) in [5, 5.41) is 13.3. The number of aryl methyl sites for hydroxylation is 2. The molecule has 2 N–H and O–H groups in total. The highest BCUT2D eigenvalue weighted by atomic mass is 16.6. The molecule has 0 saturated carbocycles. The highest BCUT2D eigenvalue weighted by molar-refractivity contribution is 5.94. The van der Waals surface area contributed by atoms with Crippen LogP contribution in [0.15, 0.2) is 36.4 Å². The molecule has 0 bridgehead atoms. The van der Waals surface area contributed by atoms with E-state index in [1.165, 1.54) is 0 Å². The van der Waals surface area contributed by atoms with Gasteiger partial charge < -0.3 is 24.6 Å². The van der Waals surface area contributed by atoms with Gasteiger partial charge in [-0.3, -0.25) is 14.5 Å². The summed E-state index contributed by atoms with van der Waals surface area (Å²) >= 11 is 0. The van der Waals surface area contributed by atoms with E-state index in [9.17, 15) is 14.7 Å². The van der Waals surface area contributed by atoms with Gasteiger partial charge in [0.2, 0.25) is 5.91 Å². The summed E-state index contributed by atoms with van der Waals surface area (Å²) in [7, 11) is 0. The number of nitrogens with zero attached hydrogens (tertiary/aromatic N) is 1. The van der Waals surface area contributed by atoms with Gasteiger partial charge in [0, 0.05) is 24.8 Å². The van der Waals surface area contributed by atoms with Crippen LogP contribution in [-0.2, 0) is 27.2 Å². The van der Waals surface area contributed by atoms with Crippen molar-refractivity contribution in [3.8, 4) is 11.5 Å². The lowest BCUT2D eigenvalue weighted by Crippen LogP contribution is -2.42. The Kier molecular flexibility index (Phi) is 8.48. The SMILES string of the molecule is CCCOC1C(C(=O)O)C(c2ccc3c(c2)OCCO3)CN1CC(=O)Nc1c(CC)cccc1CC. The highest BCUT2D eigenvalue weighted by Gasteiger charge is 2.48. The molecule has 36 heavy (non-hydrogen) atoms. The Morgan fingerprint density at radius 3 is 2.39 bits per heavy atom. The highest BCUT2D eigenvalue weighted by Crippen LogP contribution is 2.41. The van der Waals surface area contributed by atoms with E-state index >= 15 is 0 Å². The molecule has 194 valence electrons. The molecular weight excluding hydrogens is 460 g/mol. The first-order chi connectivity index (χ1) is 17.5. The van der Waals surface area contributed by atoms with E-state index in [0.29, 0.717) is 37.9 Å². The first kappa shape index (κ1) is 26.0. The number of carboxylic acid groups (broad SMARTS) is 1. The minimum absolute atomic E-state index is 0.0421. The summed E-state index contributed by atoms with van der Waals surface area (Å²) in [6, 6.07) is 11.6. The smallest absolute Gasteiger partial charge is 0.311 e. The third kappa shape index (κ3) is 5.50. The molecule has 0 spiro atoms. The predicted octanol–water partition coefficient (Wildman–Crippen LogP) is 4.07. The molecule has 3 unspecified atom stereocenters. The van der Waals surface area contributed by atoms with Crippen molar-refractivity contribution in [3.05, 3.63) is 53.1 Å². The largest absolute Gasteiger partial charge is 0.486 e. The first-order valence-electron chi connectivity index (χ1n) is 12.8. The van der Waals surface area contributed by atoms with E-state index in [-0.39, 0.29) is 18.4 Å². The van der Waals surface area contributed by atoms with Gasteiger partial charge >= 0.3 is 5.97 Å². The number of rotatable bonds is 10. The van der Waals surface area contributed by atoms with Crippen molar-refractivity contribution in [2.45, 2.75) is 52.2 Å². The van der Waals surface area contributed by atoms with Crippen LogP contribution in [0.5, 0.6) is 11.5 Å². The van der Waals surface area contributed by atoms with Gasteiger partial charge in [0.1, 0.15) is 25.4 Å². The Morgan fingerprint density at radius 2 is 1.75 bits per heavy atom. The molecule has 4 rings (SSSR count). The minimum Gasteiger partial charge on any atom is -0.486 e. The molecule has 0 radical (unpaired) electrons. The molecule has 2 aromatic carbocycles. The lowest BCUT2D eigenvalue weighted by molar-refractivity contribution is -0.152. The van der Waals surface area contributed by atoms with E-state index < -0.39 is 18.1 Å². The van der Waals surface area contributed by atoms with Gasteiger partial charge in [-0.25, -0.2) is 0 Å². The molecule has 2 aliphatic rings. The molecule has 1 amide bonds. The van der Waals surface area contributed by atoms with E-state index in [1.54, 1.807) is 0 Å². The van der Waals surface area contributed by atoms with Gasteiger partial charge in [0.15, 0.2) is 11.5 Å². The van der Waals surface area contributed by atoms with Crippen LogP contribution in [0.2, 0.25) is 0 Å². The summed E-state index contributed by atoms with van der Waals surface area (Å²) in [5.41, 5.74) is 3.86. The van der Waals surface area contributed by atoms with E-state index in [1.807, 2.05) is 48.2 Å². The van der Waals surface area contributed by atoms with Crippen LogP contribution < -0.4 is 14.8 Å². The number of nitrogens with one attached hydrogen (secondary N) is 1. The quantitative estimate of drug-likeness (QED) is 0.512. The van der Waals surface area contributed by atoms with Crippen LogP contribution in [0, 0.1) is 5.92 Å². The van der Waals surface area contributed by atoms with Crippen LogP contribution in [-0.4, -0.2) is 61.0 Å². The Balaban J connectivity index is 1.59. The fourth-order valence-corrected chi connectivity index (χ4v) is 5.16. The molecule has 3 atom stereocenters. The number of carbonyl (C=O) groups excluding carboxylic acids is 1. The zero-order valence-electron chi connectivity index (χ0n) is 21.3. The molecule has 2 aliphatic heterocycles. The van der Waals surface area contributed by atoms with Gasteiger partial charge in [-0.2, -0.15) is 0 Å². The molecule has 2 heterocycles. The molecule has 1 fully saturated rings. The summed E-state index contributed by atoms with van der Waals surface area (Å²) in [6.45, 7) is 7.90. The van der Waals surface area contributed by atoms with E-state index in [2.05, 4.69) is 19.2 Å². The molecule has 2 aromatic rings. The normalized spacial score (nSPS) is 21.4. The number of carbonyl (C=O) groups is 2. The molecule has 8 nitrogen and oxygen atoms in total. The van der Waals surface area contributed by atoms with Gasteiger partial charge in [0.25, 0.3) is 0 Å². The van der Waals surface area contributed by atoms with E-state index in [0.717, 1.165) is 41.6 Å². The molecule has 8 heteroatoms. The van der Waals surface area contributed by atoms with Gasteiger partial charge in [-0.15, -0.1) is 0 Å². The second-order valence-electron chi connectivity index (χ2n) is 9.27. The van der Waals surface area contributed by atoms with Crippen LogP contribution >= 0.6 is 0 Å². The van der Waals surface area contributed by atoms with Crippen molar-refractivity contribution in [3.63, 3.8) is 0 Å². The summed E-state index contributed by atoms with van der Waals surface area (Å²) < 4.78 is 17.4. The molecular formula is C28H36N2O6. The fraction of sp³-hybridized carbons (Fsp3) is 0.500. The average Bonchev–Trinajstić information content (AvgIpc) is 3.25. The molecule has 0 aromatic heterocycles. The lowest BCUT2D eigenvalue weighted by atomic mass is 9.88. The number of hydrogen-bond donors (Lipinski definition) is 2. The monoisotopic (exact) mass is 496 g/mol. The molecule has 0 aliphatic carbocycles. The summed E-state index contributed by atoms with van der Waals surface area (Å²) in [6.07, 6.45) is 1.66. The van der Waals surface area contributed by atoms with Crippen LogP contribution in [0.25, 0.3) is 0 Å². The van der Waals surface area contributed by atoms with Crippen LogP contribution in [0.3, 0.4) is 0 Å². The summed E-state index contributed by atoms with van der Waals surface area (Å²) in [4.78, 5) is 27.6. The van der Waals surface area contributed by atoms with E-state index in [4.69, 9.17) is 14.2 Å². The van der Waals surface area contributed by atoms with Crippen molar-refractivity contribution >= 4 is 17.6 Å². The van der Waals surface area contributed by atoms with Crippen molar-refractivity contribution in [2.75, 3.05) is 38.2 Å². The number of anilines is 1. The Hall–Kier alpha value is -3.10. The Labute approximate surface area is 212 Å². The number of para-hydroxylation sites is 1. The number of amides is 1. The van der Waals surface area contributed by atoms with Crippen molar-refractivity contribution in [2.24, 2.45) is 5.92 Å². The summed E-state index contributed by atoms with van der Waals surface area (Å²) in [5.74, 6) is -1.02.